The van der Waals surface area contributed by atoms with Gasteiger partial charge in [-0.15, -0.1) is 0 Å². The second-order valence-electron chi connectivity index (χ2n) is 4.92. The van der Waals surface area contributed by atoms with Crippen molar-refractivity contribution >= 4 is 23.0 Å². The highest BCUT2D eigenvalue weighted by atomic mass is 35.5. The Balaban J connectivity index is 1.70. The third kappa shape index (κ3) is 2.60. The molecule has 1 saturated carbocycles. The molecule has 2 aromatic rings. The van der Waals surface area contributed by atoms with E-state index in [2.05, 4.69) is 17.4 Å². The standard InChI is InChI=1S/C15H13ClN2O2/c16-13-8-11(18(19)20)6-7-14(13)17-15-9-12(15)10-4-2-1-3-5-10/h1-8,12,15,17H,9H2. The number of non-ortho nitro benzene ring substituents is 1. The van der Waals surface area contributed by atoms with Gasteiger partial charge in [0.25, 0.3) is 5.69 Å². The number of hydrogen-bond donors (Lipinski definition) is 1. The molecule has 0 radical (unpaired) electrons. The van der Waals surface area contributed by atoms with Gasteiger partial charge in [-0.25, -0.2) is 0 Å². The normalized spacial score (nSPS) is 20.4. The van der Waals surface area contributed by atoms with Crippen molar-refractivity contribution < 1.29 is 4.92 Å². The minimum absolute atomic E-state index is 0.0101. The maximum absolute atomic E-state index is 10.7. The predicted octanol–water partition coefficient (Wildman–Crippen LogP) is 4.22. The Morgan fingerprint density at radius 1 is 1.20 bits per heavy atom. The van der Waals surface area contributed by atoms with E-state index in [1.807, 2.05) is 18.2 Å². The summed E-state index contributed by atoms with van der Waals surface area (Å²) >= 11 is 6.07. The minimum Gasteiger partial charge on any atom is -0.380 e. The average Bonchev–Trinajstić information content (AvgIpc) is 3.21. The van der Waals surface area contributed by atoms with Gasteiger partial charge in [0.15, 0.2) is 0 Å². The molecule has 0 amide bonds. The van der Waals surface area contributed by atoms with Gasteiger partial charge in [-0.05, 0) is 18.1 Å². The Morgan fingerprint density at radius 2 is 1.95 bits per heavy atom. The lowest BCUT2D eigenvalue weighted by atomic mass is 10.1. The highest BCUT2D eigenvalue weighted by molar-refractivity contribution is 6.33. The number of nitrogens with zero attached hydrogens (tertiary/aromatic N) is 1. The van der Waals surface area contributed by atoms with Crippen LogP contribution in [0.3, 0.4) is 0 Å². The topological polar surface area (TPSA) is 55.2 Å². The molecule has 0 aromatic heterocycles. The van der Waals surface area contributed by atoms with E-state index in [0.29, 0.717) is 17.0 Å². The number of benzene rings is 2. The average molecular weight is 289 g/mol. The Morgan fingerprint density at radius 3 is 2.60 bits per heavy atom. The van der Waals surface area contributed by atoms with Crippen LogP contribution in [0, 0.1) is 10.1 Å². The molecule has 2 atom stereocenters. The quantitative estimate of drug-likeness (QED) is 0.677. The van der Waals surface area contributed by atoms with Gasteiger partial charge >= 0.3 is 0 Å². The Labute approximate surface area is 121 Å². The van der Waals surface area contributed by atoms with Crippen molar-refractivity contribution in [2.75, 3.05) is 5.32 Å². The van der Waals surface area contributed by atoms with Crippen molar-refractivity contribution in [1.29, 1.82) is 0 Å². The smallest absolute Gasteiger partial charge is 0.271 e. The van der Waals surface area contributed by atoms with Crippen molar-refractivity contribution in [1.82, 2.24) is 0 Å². The van der Waals surface area contributed by atoms with Crippen molar-refractivity contribution in [3.05, 3.63) is 69.2 Å². The summed E-state index contributed by atoms with van der Waals surface area (Å²) in [5, 5.41) is 14.4. The molecule has 5 heteroatoms. The number of anilines is 1. The van der Waals surface area contributed by atoms with Crippen molar-refractivity contribution in [2.45, 2.75) is 18.4 Å². The van der Waals surface area contributed by atoms with E-state index in [1.54, 1.807) is 6.07 Å². The monoisotopic (exact) mass is 288 g/mol. The summed E-state index contributed by atoms with van der Waals surface area (Å²) in [6.45, 7) is 0. The summed E-state index contributed by atoms with van der Waals surface area (Å²) in [6, 6.07) is 15.2. The maximum atomic E-state index is 10.7. The molecule has 2 aromatic carbocycles. The molecule has 1 aliphatic carbocycles. The zero-order valence-electron chi connectivity index (χ0n) is 10.6. The molecule has 102 valence electrons. The van der Waals surface area contributed by atoms with E-state index < -0.39 is 4.92 Å². The molecule has 0 aliphatic heterocycles. The van der Waals surface area contributed by atoms with Gasteiger partial charge in [-0.2, -0.15) is 0 Å². The number of rotatable bonds is 4. The number of nitro groups is 1. The second kappa shape index (κ2) is 5.13. The van der Waals surface area contributed by atoms with Crippen LogP contribution in [-0.2, 0) is 0 Å². The lowest BCUT2D eigenvalue weighted by molar-refractivity contribution is -0.384. The van der Waals surface area contributed by atoms with Crippen LogP contribution < -0.4 is 5.32 Å². The number of nitro benzene ring substituents is 1. The van der Waals surface area contributed by atoms with Crippen LogP contribution in [0.25, 0.3) is 0 Å². The summed E-state index contributed by atoms with van der Waals surface area (Å²) in [4.78, 5) is 10.2. The van der Waals surface area contributed by atoms with Crippen molar-refractivity contribution in [3.63, 3.8) is 0 Å². The first-order valence-corrected chi connectivity index (χ1v) is 6.78. The fourth-order valence-electron chi connectivity index (χ4n) is 2.36. The van der Waals surface area contributed by atoms with E-state index in [1.165, 1.54) is 17.7 Å². The first-order chi connectivity index (χ1) is 9.65. The minimum atomic E-state index is -0.445. The SMILES string of the molecule is O=[N+]([O-])c1ccc(NC2CC2c2ccccc2)c(Cl)c1. The zero-order valence-corrected chi connectivity index (χ0v) is 11.4. The third-order valence-electron chi connectivity index (χ3n) is 3.52. The number of halogens is 1. The van der Waals surface area contributed by atoms with Gasteiger partial charge in [0.05, 0.1) is 15.6 Å². The van der Waals surface area contributed by atoms with Gasteiger partial charge in [-0.3, -0.25) is 10.1 Å². The van der Waals surface area contributed by atoms with E-state index in [0.717, 1.165) is 12.1 Å². The molecule has 1 fully saturated rings. The molecular formula is C15H13ClN2O2. The predicted molar refractivity (Wildman–Crippen MR) is 79.3 cm³/mol. The highest BCUT2D eigenvalue weighted by Crippen LogP contribution is 2.43. The van der Waals surface area contributed by atoms with Gasteiger partial charge in [-0.1, -0.05) is 41.9 Å². The molecule has 1 N–H and O–H groups in total. The van der Waals surface area contributed by atoms with Crippen molar-refractivity contribution in [2.24, 2.45) is 0 Å². The lowest BCUT2D eigenvalue weighted by Crippen LogP contribution is -2.04. The molecule has 2 unspecified atom stereocenters. The fraction of sp³-hybridized carbons (Fsp3) is 0.200. The first-order valence-electron chi connectivity index (χ1n) is 6.40. The number of nitrogens with one attached hydrogen (secondary N) is 1. The molecule has 0 heterocycles. The van der Waals surface area contributed by atoms with Crippen LogP contribution in [0.1, 0.15) is 17.9 Å². The van der Waals surface area contributed by atoms with Gasteiger partial charge in [0.1, 0.15) is 0 Å². The highest BCUT2D eigenvalue weighted by Gasteiger charge is 2.38. The summed E-state index contributed by atoms with van der Waals surface area (Å²) in [7, 11) is 0. The Bertz CT molecular complexity index is 646. The van der Waals surface area contributed by atoms with Crippen LogP contribution in [0.5, 0.6) is 0 Å². The van der Waals surface area contributed by atoms with Gasteiger partial charge in [0, 0.05) is 24.1 Å². The third-order valence-corrected chi connectivity index (χ3v) is 3.84. The molecule has 3 rings (SSSR count). The number of hydrogen-bond acceptors (Lipinski definition) is 3. The first kappa shape index (κ1) is 12.9. The van der Waals surface area contributed by atoms with Crippen molar-refractivity contribution in [3.8, 4) is 0 Å². The Kier molecular flexibility index (Phi) is 3.32. The maximum Gasteiger partial charge on any atom is 0.271 e. The molecule has 0 spiro atoms. The lowest BCUT2D eigenvalue weighted by Gasteiger charge is -2.08. The van der Waals surface area contributed by atoms with E-state index in [9.17, 15) is 10.1 Å². The van der Waals surface area contributed by atoms with Crippen LogP contribution in [0.2, 0.25) is 5.02 Å². The van der Waals surface area contributed by atoms with Gasteiger partial charge in [0.2, 0.25) is 0 Å². The summed E-state index contributed by atoms with van der Waals surface area (Å²) in [6.07, 6.45) is 1.05. The zero-order chi connectivity index (χ0) is 14.1. The van der Waals surface area contributed by atoms with Crippen LogP contribution in [0.15, 0.2) is 48.5 Å². The summed E-state index contributed by atoms with van der Waals surface area (Å²) in [5.41, 5.74) is 2.07. The molecular weight excluding hydrogens is 276 g/mol. The molecule has 0 saturated heterocycles. The van der Waals surface area contributed by atoms with Crippen LogP contribution in [0.4, 0.5) is 11.4 Å². The molecule has 4 nitrogen and oxygen atoms in total. The molecule has 1 aliphatic rings. The van der Waals surface area contributed by atoms with E-state index in [4.69, 9.17) is 11.6 Å². The molecule has 0 bridgehead atoms. The largest absolute Gasteiger partial charge is 0.380 e. The van der Waals surface area contributed by atoms with E-state index >= 15 is 0 Å². The van der Waals surface area contributed by atoms with Gasteiger partial charge < -0.3 is 5.32 Å². The summed E-state index contributed by atoms with van der Waals surface area (Å²) < 4.78 is 0. The van der Waals surface area contributed by atoms with Crippen LogP contribution in [-0.4, -0.2) is 11.0 Å². The van der Waals surface area contributed by atoms with Crippen LogP contribution >= 0.6 is 11.6 Å². The summed E-state index contributed by atoms with van der Waals surface area (Å²) in [5.74, 6) is 0.488. The van der Waals surface area contributed by atoms with E-state index in [-0.39, 0.29) is 5.69 Å². The second-order valence-corrected chi connectivity index (χ2v) is 5.33. The fourth-order valence-corrected chi connectivity index (χ4v) is 2.59. The Hall–Kier alpha value is -2.07. The molecule has 20 heavy (non-hydrogen) atoms.